The maximum atomic E-state index is 12.7. The second-order valence-corrected chi connectivity index (χ2v) is 9.05. The molecule has 6 nitrogen and oxygen atoms in total. The molecule has 2 aliphatic rings. The Labute approximate surface area is 147 Å². The molecule has 2 amide bonds. The second kappa shape index (κ2) is 7.33. The standard InChI is InChI=1S/C17H28N2O4S/c1-16(2,3)14(21)19-8-4-5-12(11-19)13(20)18-17(15(22)23)6-9-24-10-7-17/h12H,4-11H2,1-3H3,(H,18,20)(H,22,23). The molecular formula is C17H28N2O4S. The molecule has 1 unspecified atom stereocenters. The summed E-state index contributed by atoms with van der Waals surface area (Å²) < 4.78 is 0. The van der Waals surface area contributed by atoms with Gasteiger partial charge in [0, 0.05) is 18.5 Å². The minimum atomic E-state index is -1.14. The minimum absolute atomic E-state index is 0.0435. The summed E-state index contributed by atoms with van der Waals surface area (Å²) in [6.45, 7) is 6.67. The lowest BCUT2D eigenvalue weighted by molar-refractivity contribution is -0.150. The first-order valence-electron chi connectivity index (χ1n) is 8.58. The number of nitrogens with zero attached hydrogens (tertiary/aromatic N) is 1. The number of carbonyl (C=O) groups excluding carboxylic acids is 2. The molecule has 0 bridgehead atoms. The fraction of sp³-hybridized carbons (Fsp3) is 0.824. The van der Waals surface area contributed by atoms with Crippen LogP contribution in [0.3, 0.4) is 0 Å². The van der Waals surface area contributed by atoms with E-state index in [4.69, 9.17) is 0 Å². The van der Waals surface area contributed by atoms with Gasteiger partial charge in [-0.2, -0.15) is 11.8 Å². The van der Waals surface area contributed by atoms with E-state index < -0.39 is 16.9 Å². The fourth-order valence-corrected chi connectivity index (χ4v) is 4.49. The van der Waals surface area contributed by atoms with Crippen molar-refractivity contribution >= 4 is 29.5 Å². The summed E-state index contributed by atoms with van der Waals surface area (Å²) in [6, 6.07) is 0. The third-order valence-corrected chi connectivity index (χ3v) is 5.82. The van der Waals surface area contributed by atoms with Crippen molar-refractivity contribution in [3.05, 3.63) is 0 Å². The van der Waals surface area contributed by atoms with Gasteiger partial charge in [-0.25, -0.2) is 4.79 Å². The molecule has 0 spiro atoms. The summed E-state index contributed by atoms with van der Waals surface area (Å²) in [5.74, 6) is 0.0285. The quantitative estimate of drug-likeness (QED) is 0.804. The number of carboxylic acid groups (broad SMARTS) is 1. The van der Waals surface area contributed by atoms with Gasteiger partial charge < -0.3 is 15.3 Å². The Morgan fingerprint density at radius 3 is 2.38 bits per heavy atom. The van der Waals surface area contributed by atoms with Gasteiger partial charge in [0.1, 0.15) is 5.54 Å². The summed E-state index contributed by atoms with van der Waals surface area (Å²) in [7, 11) is 0. The van der Waals surface area contributed by atoms with Gasteiger partial charge in [-0.05, 0) is 37.2 Å². The zero-order chi connectivity index (χ0) is 18.0. The topological polar surface area (TPSA) is 86.7 Å². The van der Waals surface area contributed by atoms with E-state index in [9.17, 15) is 19.5 Å². The van der Waals surface area contributed by atoms with Crippen LogP contribution < -0.4 is 5.32 Å². The normalized spacial score (nSPS) is 24.3. The van der Waals surface area contributed by atoms with E-state index in [1.807, 2.05) is 20.8 Å². The van der Waals surface area contributed by atoms with E-state index in [0.717, 1.165) is 17.9 Å². The smallest absolute Gasteiger partial charge is 0.329 e. The van der Waals surface area contributed by atoms with Gasteiger partial charge in [0.25, 0.3) is 0 Å². The molecular weight excluding hydrogens is 328 g/mol. The maximum Gasteiger partial charge on any atom is 0.329 e. The summed E-state index contributed by atoms with van der Waals surface area (Å²) in [4.78, 5) is 38.6. The lowest BCUT2D eigenvalue weighted by atomic mass is 9.88. The minimum Gasteiger partial charge on any atom is -0.480 e. The molecule has 2 heterocycles. The first-order valence-corrected chi connectivity index (χ1v) is 9.74. The number of piperidine rings is 1. The van der Waals surface area contributed by atoms with Crippen molar-refractivity contribution in [1.82, 2.24) is 10.2 Å². The Balaban J connectivity index is 2.03. The number of carboxylic acids is 1. The van der Waals surface area contributed by atoms with Crippen LogP contribution in [0, 0.1) is 11.3 Å². The van der Waals surface area contributed by atoms with Crippen LogP contribution in [0.4, 0.5) is 0 Å². The number of thioether (sulfide) groups is 1. The summed E-state index contributed by atoms with van der Waals surface area (Å²) in [6.07, 6.45) is 2.38. The van der Waals surface area contributed by atoms with Crippen LogP contribution in [-0.4, -0.2) is 57.9 Å². The Hall–Kier alpha value is -1.24. The molecule has 0 saturated carbocycles. The monoisotopic (exact) mass is 356 g/mol. The van der Waals surface area contributed by atoms with Crippen LogP contribution in [0.2, 0.25) is 0 Å². The number of carbonyl (C=O) groups is 3. The maximum absolute atomic E-state index is 12.7. The molecule has 7 heteroatoms. The molecule has 0 aliphatic carbocycles. The van der Waals surface area contributed by atoms with Crippen molar-refractivity contribution in [2.45, 2.75) is 52.0 Å². The van der Waals surface area contributed by atoms with Crippen molar-refractivity contribution in [2.24, 2.45) is 11.3 Å². The SMILES string of the molecule is CC(C)(C)C(=O)N1CCCC(C(=O)NC2(C(=O)O)CCSCC2)C1. The Kier molecular flexibility index (Phi) is 5.83. The number of nitrogens with one attached hydrogen (secondary N) is 1. The number of rotatable bonds is 3. The molecule has 24 heavy (non-hydrogen) atoms. The molecule has 0 aromatic carbocycles. The molecule has 2 rings (SSSR count). The largest absolute Gasteiger partial charge is 0.480 e. The molecule has 2 fully saturated rings. The third-order valence-electron chi connectivity index (χ3n) is 4.84. The third kappa shape index (κ3) is 4.23. The van der Waals surface area contributed by atoms with Gasteiger partial charge in [0.05, 0.1) is 5.92 Å². The van der Waals surface area contributed by atoms with Crippen molar-refractivity contribution in [3.63, 3.8) is 0 Å². The van der Waals surface area contributed by atoms with Gasteiger partial charge in [-0.15, -0.1) is 0 Å². The number of aliphatic carboxylic acids is 1. The summed E-state index contributed by atoms with van der Waals surface area (Å²) in [5, 5.41) is 12.4. The van der Waals surface area contributed by atoms with Crippen LogP contribution in [0.25, 0.3) is 0 Å². The van der Waals surface area contributed by atoms with E-state index in [0.29, 0.717) is 32.4 Å². The molecule has 0 aromatic rings. The number of amides is 2. The number of hydrogen-bond donors (Lipinski definition) is 2. The van der Waals surface area contributed by atoms with E-state index in [1.165, 1.54) is 0 Å². The van der Waals surface area contributed by atoms with Gasteiger partial charge >= 0.3 is 5.97 Å². The highest BCUT2D eigenvalue weighted by Gasteiger charge is 2.43. The van der Waals surface area contributed by atoms with Crippen molar-refractivity contribution < 1.29 is 19.5 Å². The van der Waals surface area contributed by atoms with Gasteiger partial charge in [0.2, 0.25) is 11.8 Å². The van der Waals surface area contributed by atoms with E-state index in [2.05, 4.69) is 5.32 Å². The highest BCUT2D eigenvalue weighted by molar-refractivity contribution is 7.99. The summed E-state index contributed by atoms with van der Waals surface area (Å²) in [5.41, 5.74) is -1.61. The molecule has 2 N–H and O–H groups in total. The Bertz CT molecular complexity index is 509. The lowest BCUT2D eigenvalue weighted by Gasteiger charge is -2.38. The molecule has 2 saturated heterocycles. The second-order valence-electron chi connectivity index (χ2n) is 7.83. The zero-order valence-corrected chi connectivity index (χ0v) is 15.6. The van der Waals surface area contributed by atoms with Gasteiger partial charge in [-0.1, -0.05) is 20.8 Å². The summed E-state index contributed by atoms with van der Waals surface area (Å²) >= 11 is 1.72. The van der Waals surface area contributed by atoms with Crippen LogP contribution in [0.5, 0.6) is 0 Å². The van der Waals surface area contributed by atoms with Crippen LogP contribution in [0.1, 0.15) is 46.5 Å². The van der Waals surface area contributed by atoms with Crippen LogP contribution >= 0.6 is 11.8 Å². The molecule has 0 aromatic heterocycles. The highest BCUT2D eigenvalue weighted by Crippen LogP contribution is 2.29. The van der Waals surface area contributed by atoms with E-state index in [1.54, 1.807) is 16.7 Å². The first-order chi connectivity index (χ1) is 11.2. The van der Waals surface area contributed by atoms with Crippen LogP contribution in [0.15, 0.2) is 0 Å². The molecule has 136 valence electrons. The molecule has 1 atom stereocenters. The van der Waals surface area contributed by atoms with Gasteiger partial charge in [-0.3, -0.25) is 9.59 Å². The van der Waals surface area contributed by atoms with Crippen molar-refractivity contribution in [3.8, 4) is 0 Å². The van der Waals surface area contributed by atoms with Crippen molar-refractivity contribution in [2.75, 3.05) is 24.6 Å². The molecule has 0 radical (unpaired) electrons. The average Bonchev–Trinajstić information content (AvgIpc) is 2.54. The Morgan fingerprint density at radius 1 is 1.21 bits per heavy atom. The number of hydrogen-bond acceptors (Lipinski definition) is 4. The average molecular weight is 356 g/mol. The van der Waals surface area contributed by atoms with E-state index in [-0.39, 0.29) is 17.7 Å². The predicted molar refractivity (Wildman–Crippen MR) is 93.8 cm³/mol. The fourth-order valence-electron chi connectivity index (χ4n) is 3.30. The Morgan fingerprint density at radius 2 is 1.83 bits per heavy atom. The van der Waals surface area contributed by atoms with E-state index >= 15 is 0 Å². The van der Waals surface area contributed by atoms with Gasteiger partial charge in [0.15, 0.2) is 0 Å². The number of likely N-dealkylation sites (tertiary alicyclic amines) is 1. The lowest BCUT2D eigenvalue weighted by Crippen LogP contribution is -2.59. The van der Waals surface area contributed by atoms with Crippen LogP contribution in [-0.2, 0) is 14.4 Å². The zero-order valence-electron chi connectivity index (χ0n) is 14.8. The first kappa shape index (κ1) is 19.1. The van der Waals surface area contributed by atoms with Crippen molar-refractivity contribution in [1.29, 1.82) is 0 Å². The predicted octanol–water partition coefficient (Wildman–Crippen LogP) is 1.74. The molecule has 2 aliphatic heterocycles. The highest BCUT2D eigenvalue weighted by atomic mass is 32.2.